The smallest absolute Gasteiger partial charge is 0.338 e. The van der Waals surface area contributed by atoms with Gasteiger partial charge in [0.15, 0.2) is 11.7 Å². The van der Waals surface area contributed by atoms with Crippen molar-refractivity contribution in [2.45, 2.75) is 20.3 Å². The molecule has 2 rings (SSSR count). The number of benzene rings is 2. The van der Waals surface area contributed by atoms with Gasteiger partial charge < -0.3 is 14.2 Å². The number of hydrogen-bond donors (Lipinski definition) is 3. The Bertz CT molecular complexity index is 1000. The SMILES string of the molecule is CCCOc1ccc(Br)cc1C(=O)NC(=S)NNC(=O)COc1ccc(C(=O)OCC)cc1. The van der Waals surface area contributed by atoms with Crippen LogP contribution in [0, 0.1) is 0 Å². The van der Waals surface area contributed by atoms with Gasteiger partial charge in [0.05, 0.1) is 24.3 Å². The van der Waals surface area contributed by atoms with Crippen LogP contribution in [-0.4, -0.2) is 42.7 Å². The summed E-state index contributed by atoms with van der Waals surface area (Å²) in [4.78, 5) is 36.2. The van der Waals surface area contributed by atoms with E-state index in [1.165, 1.54) is 12.1 Å². The van der Waals surface area contributed by atoms with E-state index in [-0.39, 0.29) is 18.3 Å². The molecule has 3 N–H and O–H groups in total. The van der Waals surface area contributed by atoms with E-state index in [0.717, 1.165) is 6.42 Å². The van der Waals surface area contributed by atoms with Crippen LogP contribution in [0.4, 0.5) is 0 Å². The van der Waals surface area contributed by atoms with Crippen LogP contribution in [0.2, 0.25) is 0 Å². The molecule has 0 bridgehead atoms. The molecule has 11 heteroatoms. The number of rotatable bonds is 9. The predicted molar refractivity (Wildman–Crippen MR) is 129 cm³/mol. The number of thiocarbonyl (C=S) groups is 1. The summed E-state index contributed by atoms with van der Waals surface area (Å²) in [6.45, 7) is 4.11. The lowest BCUT2D eigenvalue weighted by molar-refractivity contribution is -0.123. The third-order valence-corrected chi connectivity index (χ3v) is 4.62. The fourth-order valence-electron chi connectivity index (χ4n) is 2.43. The van der Waals surface area contributed by atoms with E-state index in [1.54, 1.807) is 37.3 Å². The topological polar surface area (TPSA) is 115 Å². The second-order valence-corrected chi connectivity index (χ2v) is 7.80. The highest BCUT2D eigenvalue weighted by atomic mass is 79.9. The monoisotopic (exact) mass is 537 g/mol. The van der Waals surface area contributed by atoms with Crippen molar-refractivity contribution in [1.82, 2.24) is 16.2 Å². The molecular weight excluding hydrogens is 514 g/mol. The first-order chi connectivity index (χ1) is 15.8. The van der Waals surface area contributed by atoms with Crippen LogP contribution in [0.1, 0.15) is 41.0 Å². The number of carbonyl (C=O) groups excluding carboxylic acids is 3. The standard InChI is InChI=1S/C22H24BrN3O6S/c1-3-11-31-18-10-7-15(23)12-17(18)20(28)24-22(33)26-25-19(27)13-32-16-8-5-14(6-9-16)21(29)30-4-2/h5-10,12H,3-4,11,13H2,1-2H3,(H,25,27)(H2,24,26,28,33). The van der Waals surface area contributed by atoms with Gasteiger partial charge in [0.2, 0.25) is 0 Å². The van der Waals surface area contributed by atoms with Gasteiger partial charge in [-0.2, -0.15) is 0 Å². The fourth-order valence-corrected chi connectivity index (χ4v) is 2.94. The van der Waals surface area contributed by atoms with Crippen LogP contribution in [-0.2, 0) is 9.53 Å². The molecule has 0 spiro atoms. The van der Waals surface area contributed by atoms with Gasteiger partial charge in [-0.15, -0.1) is 0 Å². The summed E-state index contributed by atoms with van der Waals surface area (Å²) >= 11 is 8.38. The zero-order valence-corrected chi connectivity index (χ0v) is 20.5. The molecule has 0 atom stereocenters. The van der Waals surface area contributed by atoms with Crippen LogP contribution in [0.15, 0.2) is 46.9 Å². The van der Waals surface area contributed by atoms with E-state index < -0.39 is 17.8 Å². The fraction of sp³-hybridized carbons (Fsp3) is 0.273. The lowest BCUT2D eigenvalue weighted by Crippen LogP contribution is -2.49. The van der Waals surface area contributed by atoms with E-state index in [4.69, 9.17) is 26.4 Å². The number of nitrogens with one attached hydrogen (secondary N) is 3. The van der Waals surface area contributed by atoms with Crippen LogP contribution >= 0.6 is 28.1 Å². The Labute approximate surface area is 205 Å². The first-order valence-electron chi connectivity index (χ1n) is 10.1. The molecule has 2 amide bonds. The highest BCUT2D eigenvalue weighted by molar-refractivity contribution is 9.10. The van der Waals surface area contributed by atoms with Crippen LogP contribution in [0.5, 0.6) is 11.5 Å². The molecule has 33 heavy (non-hydrogen) atoms. The molecule has 0 aliphatic heterocycles. The van der Waals surface area contributed by atoms with Gasteiger partial charge in [0.1, 0.15) is 11.5 Å². The second kappa shape index (κ2) is 13.4. The number of ether oxygens (including phenoxy) is 3. The van der Waals surface area contributed by atoms with E-state index in [9.17, 15) is 14.4 Å². The van der Waals surface area contributed by atoms with Crippen molar-refractivity contribution in [2.75, 3.05) is 19.8 Å². The molecule has 0 fully saturated rings. The van der Waals surface area contributed by atoms with Crippen LogP contribution in [0.3, 0.4) is 0 Å². The van der Waals surface area contributed by atoms with E-state index in [1.807, 2.05) is 6.92 Å². The lowest BCUT2D eigenvalue weighted by atomic mass is 10.2. The molecule has 0 aliphatic rings. The molecule has 0 radical (unpaired) electrons. The Morgan fingerprint density at radius 1 is 1.00 bits per heavy atom. The summed E-state index contributed by atoms with van der Waals surface area (Å²) in [7, 11) is 0. The number of hydrogen-bond acceptors (Lipinski definition) is 7. The van der Waals surface area contributed by atoms with Crippen molar-refractivity contribution in [3.8, 4) is 11.5 Å². The second-order valence-electron chi connectivity index (χ2n) is 6.48. The minimum absolute atomic E-state index is 0.103. The normalized spacial score (nSPS) is 10.0. The summed E-state index contributed by atoms with van der Waals surface area (Å²) in [6.07, 6.45) is 0.792. The number of hydrazine groups is 1. The molecule has 0 saturated heterocycles. The first-order valence-corrected chi connectivity index (χ1v) is 11.3. The maximum absolute atomic E-state index is 12.6. The van der Waals surface area contributed by atoms with Gasteiger partial charge in [-0.25, -0.2) is 4.79 Å². The van der Waals surface area contributed by atoms with Crippen molar-refractivity contribution in [2.24, 2.45) is 0 Å². The van der Waals surface area contributed by atoms with Crippen molar-refractivity contribution in [3.05, 3.63) is 58.1 Å². The Morgan fingerprint density at radius 3 is 2.39 bits per heavy atom. The summed E-state index contributed by atoms with van der Waals surface area (Å²) in [5.41, 5.74) is 5.45. The minimum atomic E-state index is -0.532. The average Bonchev–Trinajstić information content (AvgIpc) is 2.81. The molecule has 2 aromatic rings. The molecule has 0 heterocycles. The summed E-state index contributed by atoms with van der Waals surface area (Å²) in [5.74, 6) is -0.647. The zero-order chi connectivity index (χ0) is 24.2. The van der Waals surface area contributed by atoms with Gasteiger partial charge in [-0.3, -0.25) is 25.8 Å². The Balaban J connectivity index is 1.80. The zero-order valence-electron chi connectivity index (χ0n) is 18.1. The van der Waals surface area contributed by atoms with Gasteiger partial charge in [-0.05, 0) is 68.0 Å². The number of carbonyl (C=O) groups is 3. The molecule has 0 aliphatic carbocycles. The predicted octanol–water partition coefficient (Wildman–Crippen LogP) is 3.13. The highest BCUT2D eigenvalue weighted by Crippen LogP contribution is 2.23. The molecule has 176 valence electrons. The van der Waals surface area contributed by atoms with Gasteiger partial charge >= 0.3 is 5.97 Å². The molecule has 2 aromatic carbocycles. The molecule has 0 aromatic heterocycles. The molecule has 0 saturated carbocycles. The van der Waals surface area contributed by atoms with Crippen molar-refractivity contribution < 1.29 is 28.6 Å². The molecular formula is C22H24BrN3O6S. The van der Waals surface area contributed by atoms with Crippen LogP contribution in [0.25, 0.3) is 0 Å². The van der Waals surface area contributed by atoms with Crippen molar-refractivity contribution in [3.63, 3.8) is 0 Å². The number of amides is 2. The van der Waals surface area contributed by atoms with Crippen LogP contribution < -0.4 is 25.6 Å². The molecule has 9 nitrogen and oxygen atoms in total. The highest BCUT2D eigenvalue weighted by Gasteiger charge is 2.15. The first kappa shape index (κ1) is 26.1. The Hall–Kier alpha value is -3.18. The Morgan fingerprint density at radius 2 is 1.73 bits per heavy atom. The number of halogens is 1. The Kier molecular flexibility index (Phi) is 10.6. The quantitative estimate of drug-likeness (QED) is 0.254. The van der Waals surface area contributed by atoms with Crippen molar-refractivity contribution >= 4 is 51.0 Å². The number of esters is 1. The van der Waals surface area contributed by atoms with Gasteiger partial charge in [-0.1, -0.05) is 22.9 Å². The molecule has 0 unspecified atom stereocenters. The van der Waals surface area contributed by atoms with E-state index in [0.29, 0.717) is 33.7 Å². The van der Waals surface area contributed by atoms with Gasteiger partial charge in [0.25, 0.3) is 11.8 Å². The summed E-state index contributed by atoms with van der Waals surface area (Å²) < 4.78 is 16.6. The minimum Gasteiger partial charge on any atom is -0.493 e. The lowest BCUT2D eigenvalue weighted by Gasteiger charge is -2.14. The third-order valence-electron chi connectivity index (χ3n) is 3.93. The van der Waals surface area contributed by atoms with Crippen molar-refractivity contribution in [1.29, 1.82) is 0 Å². The van der Waals surface area contributed by atoms with Gasteiger partial charge in [0, 0.05) is 4.47 Å². The maximum atomic E-state index is 12.6. The maximum Gasteiger partial charge on any atom is 0.338 e. The average molecular weight is 538 g/mol. The summed E-state index contributed by atoms with van der Waals surface area (Å²) in [6, 6.07) is 11.2. The third kappa shape index (κ3) is 8.70. The van der Waals surface area contributed by atoms with E-state index in [2.05, 4.69) is 32.1 Å². The van der Waals surface area contributed by atoms with E-state index >= 15 is 0 Å². The summed E-state index contributed by atoms with van der Waals surface area (Å²) in [5, 5.41) is 2.37. The largest absolute Gasteiger partial charge is 0.493 e.